The number of nitrogens with one attached hydrogen (secondary N) is 1. The number of nitrogens with zero attached hydrogens (tertiary/aromatic N) is 2. The van der Waals surface area contributed by atoms with Crippen LogP contribution in [0.4, 0.5) is 0 Å². The molecule has 0 spiro atoms. The Labute approximate surface area is 163 Å². The third kappa shape index (κ3) is 4.13. The lowest BCUT2D eigenvalue weighted by molar-refractivity contribution is 0.0690. The quantitative estimate of drug-likeness (QED) is 0.880. The normalized spacial score (nSPS) is 15.0. The second-order valence-electron chi connectivity index (χ2n) is 7.25. The fourth-order valence-electron chi connectivity index (χ4n) is 3.94. The minimum atomic E-state index is 0. The van der Waals surface area contributed by atoms with Gasteiger partial charge in [-0.15, -0.1) is 12.4 Å². The zero-order valence-electron chi connectivity index (χ0n) is 16.2. The zero-order chi connectivity index (χ0) is 18.0. The molecule has 26 heavy (non-hydrogen) atoms. The third-order valence-corrected chi connectivity index (χ3v) is 5.32. The summed E-state index contributed by atoms with van der Waals surface area (Å²) in [6, 6.07) is 10.5. The first kappa shape index (κ1) is 20.5. The predicted molar refractivity (Wildman–Crippen MR) is 110 cm³/mol. The lowest BCUT2D eigenvalue weighted by Crippen LogP contribution is -2.40. The van der Waals surface area contributed by atoms with Crippen LogP contribution >= 0.6 is 12.4 Å². The highest BCUT2D eigenvalue weighted by atomic mass is 35.5. The van der Waals surface area contributed by atoms with Crippen LogP contribution in [0.1, 0.15) is 40.2 Å². The highest BCUT2D eigenvalue weighted by Gasteiger charge is 2.26. The molecule has 142 valence electrons. The van der Waals surface area contributed by atoms with Crippen LogP contribution in [-0.2, 0) is 0 Å². The molecule has 5 heteroatoms. The molecule has 1 aromatic heterocycles. The molecular weight excluding hydrogens is 346 g/mol. The Morgan fingerprint density at radius 3 is 2.46 bits per heavy atom. The number of carbonyl (C=O) groups excluding carboxylic acids is 1. The Kier molecular flexibility index (Phi) is 6.90. The minimum absolute atomic E-state index is 0. The van der Waals surface area contributed by atoms with Crippen molar-refractivity contribution >= 4 is 18.3 Å². The van der Waals surface area contributed by atoms with Crippen LogP contribution in [0.15, 0.2) is 30.3 Å². The average Bonchev–Trinajstić information content (AvgIpc) is 2.90. The van der Waals surface area contributed by atoms with Gasteiger partial charge >= 0.3 is 0 Å². The summed E-state index contributed by atoms with van der Waals surface area (Å²) in [4.78, 5) is 15.1. The molecule has 2 heterocycles. The SMILES string of the molecule is CNCC1CCN(C(=O)c2cc(C)n(-c3cccc(C)c3)c2C)CC1.Cl. The van der Waals surface area contributed by atoms with Crippen LogP contribution in [0.25, 0.3) is 5.69 Å². The van der Waals surface area contributed by atoms with E-state index < -0.39 is 0 Å². The standard InChI is InChI=1S/C21H29N3O.ClH/c1-15-6-5-7-19(12-15)24-16(2)13-20(17(24)3)21(25)23-10-8-18(9-11-23)14-22-4;/h5-7,12-13,18,22H,8-11,14H2,1-4H3;1H. The number of halogens is 1. The molecule has 1 saturated heterocycles. The van der Waals surface area contributed by atoms with E-state index in [1.807, 2.05) is 18.0 Å². The van der Waals surface area contributed by atoms with Crippen LogP contribution < -0.4 is 5.32 Å². The van der Waals surface area contributed by atoms with Crippen LogP contribution in [0.5, 0.6) is 0 Å². The summed E-state index contributed by atoms with van der Waals surface area (Å²) in [6.07, 6.45) is 2.17. The topological polar surface area (TPSA) is 37.3 Å². The van der Waals surface area contributed by atoms with Crippen LogP contribution in [-0.4, -0.2) is 42.1 Å². The number of hydrogen-bond donors (Lipinski definition) is 1. The number of amides is 1. The molecule has 4 nitrogen and oxygen atoms in total. The second kappa shape index (κ2) is 8.74. The summed E-state index contributed by atoms with van der Waals surface area (Å²) < 4.78 is 2.19. The van der Waals surface area contributed by atoms with E-state index in [0.29, 0.717) is 5.92 Å². The van der Waals surface area contributed by atoms with Crippen molar-refractivity contribution in [1.82, 2.24) is 14.8 Å². The van der Waals surface area contributed by atoms with E-state index in [2.05, 4.69) is 54.9 Å². The van der Waals surface area contributed by atoms with E-state index in [9.17, 15) is 4.79 Å². The van der Waals surface area contributed by atoms with Crippen molar-refractivity contribution in [3.8, 4) is 5.69 Å². The number of carbonyl (C=O) groups is 1. The van der Waals surface area contributed by atoms with Gasteiger partial charge in [-0.2, -0.15) is 0 Å². The summed E-state index contributed by atoms with van der Waals surface area (Å²) in [7, 11) is 2.00. The highest BCUT2D eigenvalue weighted by molar-refractivity contribution is 5.96. The Bertz CT molecular complexity index is 761. The number of likely N-dealkylation sites (tertiary alicyclic amines) is 1. The molecule has 0 aliphatic carbocycles. The van der Waals surface area contributed by atoms with Crippen LogP contribution in [0.2, 0.25) is 0 Å². The third-order valence-electron chi connectivity index (χ3n) is 5.32. The second-order valence-corrected chi connectivity index (χ2v) is 7.25. The van der Waals surface area contributed by atoms with Gasteiger partial charge in [0.1, 0.15) is 0 Å². The Morgan fingerprint density at radius 1 is 1.15 bits per heavy atom. The predicted octanol–water partition coefficient (Wildman–Crippen LogP) is 3.90. The molecule has 0 saturated carbocycles. The van der Waals surface area contributed by atoms with Gasteiger partial charge in [-0.25, -0.2) is 0 Å². The van der Waals surface area contributed by atoms with Crippen molar-refractivity contribution in [3.05, 3.63) is 52.8 Å². The molecular formula is C21H30ClN3O. The number of benzene rings is 1. The maximum absolute atomic E-state index is 13.0. The van der Waals surface area contributed by atoms with Gasteiger partial charge in [0.2, 0.25) is 0 Å². The van der Waals surface area contributed by atoms with Gasteiger partial charge < -0.3 is 14.8 Å². The largest absolute Gasteiger partial charge is 0.339 e. The van der Waals surface area contributed by atoms with Crippen LogP contribution in [0.3, 0.4) is 0 Å². The minimum Gasteiger partial charge on any atom is -0.339 e. The van der Waals surface area contributed by atoms with Crippen molar-refractivity contribution in [2.75, 3.05) is 26.7 Å². The Morgan fingerprint density at radius 2 is 1.85 bits per heavy atom. The Balaban J connectivity index is 0.00000243. The van der Waals surface area contributed by atoms with Gasteiger partial charge in [-0.3, -0.25) is 4.79 Å². The monoisotopic (exact) mass is 375 g/mol. The van der Waals surface area contributed by atoms with Crippen molar-refractivity contribution in [3.63, 3.8) is 0 Å². The number of aromatic nitrogens is 1. The first-order valence-corrected chi connectivity index (χ1v) is 9.21. The molecule has 0 bridgehead atoms. The van der Waals surface area contributed by atoms with E-state index in [1.165, 1.54) is 5.56 Å². The molecule has 1 aromatic carbocycles. The average molecular weight is 376 g/mol. The molecule has 3 rings (SSSR count). The summed E-state index contributed by atoms with van der Waals surface area (Å²) >= 11 is 0. The van der Waals surface area contributed by atoms with Crippen molar-refractivity contribution < 1.29 is 4.79 Å². The van der Waals surface area contributed by atoms with Gasteiger partial charge in [0, 0.05) is 30.2 Å². The zero-order valence-corrected chi connectivity index (χ0v) is 17.0. The molecule has 0 radical (unpaired) electrons. The van der Waals surface area contributed by atoms with Gasteiger partial charge in [-0.05, 0) is 76.9 Å². The summed E-state index contributed by atoms with van der Waals surface area (Å²) in [5.74, 6) is 0.865. The maximum Gasteiger partial charge on any atom is 0.255 e. The van der Waals surface area contributed by atoms with Gasteiger partial charge in [0.05, 0.1) is 5.56 Å². The van der Waals surface area contributed by atoms with Crippen molar-refractivity contribution in [2.24, 2.45) is 5.92 Å². The molecule has 1 amide bonds. The lowest BCUT2D eigenvalue weighted by atomic mass is 9.96. The summed E-state index contributed by atoms with van der Waals surface area (Å²) in [5.41, 5.74) is 5.33. The van der Waals surface area contributed by atoms with Gasteiger partial charge in [0.15, 0.2) is 0 Å². The maximum atomic E-state index is 13.0. The van der Waals surface area contributed by atoms with E-state index in [4.69, 9.17) is 0 Å². The first-order valence-electron chi connectivity index (χ1n) is 9.21. The number of piperidine rings is 1. The molecule has 1 N–H and O–H groups in total. The highest BCUT2D eigenvalue weighted by Crippen LogP contribution is 2.25. The number of aryl methyl sites for hydroxylation is 2. The molecule has 1 aliphatic heterocycles. The van der Waals surface area contributed by atoms with E-state index in [-0.39, 0.29) is 18.3 Å². The fraction of sp³-hybridized carbons (Fsp3) is 0.476. The van der Waals surface area contributed by atoms with Gasteiger partial charge in [0.25, 0.3) is 5.91 Å². The summed E-state index contributed by atoms with van der Waals surface area (Å²) in [6.45, 7) is 8.99. The van der Waals surface area contributed by atoms with E-state index in [0.717, 1.165) is 55.1 Å². The van der Waals surface area contributed by atoms with Crippen molar-refractivity contribution in [2.45, 2.75) is 33.6 Å². The lowest BCUT2D eigenvalue weighted by Gasteiger charge is -2.32. The molecule has 1 fully saturated rings. The number of hydrogen-bond acceptors (Lipinski definition) is 2. The Hall–Kier alpha value is -1.78. The molecule has 1 aliphatic rings. The van der Waals surface area contributed by atoms with E-state index in [1.54, 1.807) is 0 Å². The first-order chi connectivity index (χ1) is 12.0. The molecule has 0 atom stereocenters. The summed E-state index contributed by atoms with van der Waals surface area (Å²) in [5, 5.41) is 3.25. The van der Waals surface area contributed by atoms with Crippen LogP contribution in [0, 0.1) is 26.7 Å². The van der Waals surface area contributed by atoms with E-state index >= 15 is 0 Å². The van der Waals surface area contributed by atoms with Crippen molar-refractivity contribution in [1.29, 1.82) is 0 Å². The molecule has 2 aromatic rings. The van der Waals surface area contributed by atoms with Gasteiger partial charge in [-0.1, -0.05) is 12.1 Å². The number of rotatable bonds is 4. The fourth-order valence-corrected chi connectivity index (χ4v) is 3.94. The smallest absolute Gasteiger partial charge is 0.255 e. The molecule has 0 unspecified atom stereocenters.